The van der Waals surface area contributed by atoms with Crippen LogP contribution in [0.1, 0.15) is 32.1 Å². The second-order valence-corrected chi connectivity index (χ2v) is 7.02. The molecule has 1 saturated carbocycles. The molecule has 0 amide bonds. The number of hydrogen-bond donors (Lipinski definition) is 1. The molecular formula is C24H26N2O. The number of para-hydroxylation sites is 2. The molecule has 1 N–H and O–H groups in total. The van der Waals surface area contributed by atoms with E-state index < -0.39 is 0 Å². The van der Waals surface area contributed by atoms with E-state index in [-0.39, 0.29) is 0 Å². The standard InChI is InChI=1S/C24H26N2O/c1-4-10-20(11-5-1)25-26(21-12-6-2-7-13-21)22-16-18-24(19-17-22)27-23-14-8-3-9-15-23/h1-2,4-7,10-13,16-19,23,25H,3,8-9,14-15H2. The van der Waals surface area contributed by atoms with Crippen LogP contribution < -0.4 is 15.2 Å². The molecule has 3 heteroatoms. The first-order chi connectivity index (χ1) is 13.4. The summed E-state index contributed by atoms with van der Waals surface area (Å²) in [5.74, 6) is 0.957. The highest BCUT2D eigenvalue weighted by atomic mass is 16.5. The average molecular weight is 358 g/mol. The van der Waals surface area contributed by atoms with Crippen LogP contribution in [0.25, 0.3) is 0 Å². The van der Waals surface area contributed by atoms with Gasteiger partial charge in [-0.1, -0.05) is 42.8 Å². The lowest BCUT2D eigenvalue weighted by Gasteiger charge is -2.27. The predicted octanol–water partition coefficient (Wildman–Crippen LogP) is 6.56. The topological polar surface area (TPSA) is 24.5 Å². The first-order valence-electron chi connectivity index (χ1n) is 9.82. The number of nitrogens with zero attached hydrogens (tertiary/aromatic N) is 1. The fraction of sp³-hybridized carbons (Fsp3) is 0.250. The van der Waals surface area contributed by atoms with E-state index in [2.05, 4.69) is 71.1 Å². The van der Waals surface area contributed by atoms with E-state index in [1.165, 1.54) is 32.1 Å². The van der Waals surface area contributed by atoms with E-state index in [9.17, 15) is 0 Å². The molecule has 1 fully saturated rings. The molecule has 3 aromatic carbocycles. The number of nitrogens with one attached hydrogen (secondary N) is 1. The summed E-state index contributed by atoms with van der Waals surface area (Å²) in [5.41, 5.74) is 6.71. The number of hydrogen-bond acceptors (Lipinski definition) is 3. The minimum Gasteiger partial charge on any atom is -0.490 e. The van der Waals surface area contributed by atoms with E-state index in [1.807, 2.05) is 24.3 Å². The fourth-order valence-electron chi connectivity index (χ4n) is 3.55. The zero-order chi connectivity index (χ0) is 18.3. The number of benzene rings is 3. The molecule has 1 aliphatic carbocycles. The maximum atomic E-state index is 6.18. The van der Waals surface area contributed by atoms with Crippen molar-refractivity contribution in [2.24, 2.45) is 0 Å². The quantitative estimate of drug-likeness (QED) is 0.505. The molecule has 3 nitrogen and oxygen atoms in total. The number of rotatable bonds is 6. The van der Waals surface area contributed by atoms with Crippen LogP contribution in [0.3, 0.4) is 0 Å². The van der Waals surface area contributed by atoms with Crippen LogP contribution >= 0.6 is 0 Å². The first-order valence-corrected chi connectivity index (χ1v) is 9.82. The SMILES string of the molecule is c1ccc(NN(c2ccccc2)c2ccc(OC3CCCCC3)cc2)cc1. The Bertz CT molecular complexity index is 812. The van der Waals surface area contributed by atoms with Gasteiger partial charge in [-0.15, -0.1) is 0 Å². The minimum absolute atomic E-state index is 0.372. The molecule has 0 saturated heterocycles. The van der Waals surface area contributed by atoms with Gasteiger partial charge in [0, 0.05) is 0 Å². The zero-order valence-electron chi connectivity index (χ0n) is 15.6. The summed E-state index contributed by atoms with van der Waals surface area (Å²) in [6.45, 7) is 0. The normalized spacial score (nSPS) is 14.5. The largest absolute Gasteiger partial charge is 0.490 e. The van der Waals surface area contributed by atoms with Crippen molar-refractivity contribution < 1.29 is 4.74 Å². The lowest BCUT2D eigenvalue weighted by atomic mass is 9.98. The molecule has 27 heavy (non-hydrogen) atoms. The number of hydrazine groups is 1. The molecule has 0 aromatic heterocycles. The second-order valence-electron chi connectivity index (χ2n) is 7.02. The van der Waals surface area contributed by atoms with Crippen molar-refractivity contribution in [2.75, 3.05) is 10.4 Å². The lowest BCUT2D eigenvalue weighted by molar-refractivity contribution is 0.155. The summed E-state index contributed by atoms with van der Waals surface area (Å²) < 4.78 is 6.18. The molecule has 0 heterocycles. The zero-order valence-corrected chi connectivity index (χ0v) is 15.6. The average Bonchev–Trinajstić information content (AvgIpc) is 2.75. The van der Waals surface area contributed by atoms with E-state index >= 15 is 0 Å². The molecule has 138 valence electrons. The van der Waals surface area contributed by atoms with Gasteiger partial charge in [0.15, 0.2) is 0 Å². The third kappa shape index (κ3) is 4.62. The van der Waals surface area contributed by atoms with Crippen molar-refractivity contribution in [3.05, 3.63) is 84.9 Å². The Balaban J connectivity index is 1.54. The van der Waals surface area contributed by atoms with Crippen molar-refractivity contribution in [3.8, 4) is 5.75 Å². The Labute approximate surface area is 161 Å². The monoisotopic (exact) mass is 358 g/mol. The summed E-state index contributed by atoms with van der Waals surface area (Å²) in [7, 11) is 0. The van der Waals surface area contributed by atoms with Gasteiger partial charge in [0.2, 0.25) is 0 Å². The van der Waals surface area contributed by atoms with Crippen molar-refractivity contribution in [1.82, 2.24) is 0 Å². The Morgan fingerprint density at radius 2 is 1.26 bits per heavy atom. The second kappa shape index (κ2) is 8.63. The van der Waals surface area contributed by atoms with E-state index in [0.717, 1.165) is 22.8 Å². The van der Waals surface area contributed by atoms with E-state index in [1.54, 1.807) is 0 Å². The minimum atomic E-state index is 0.372. The molecule has 1 aliphatic rings. The third-order valence-electron chi connectivity index (χ3n) is 4.98. The number of anilines is 3. The molecule has 3 aromatic rings. The van der Waals surface area contributed by atoms with Crippen LogP contribution in [0.4, 0.5) is 17.1 Å². The smallest absolute Gasteiger partial charge is 0.119 e. The van der Waals surface area contributed by atoms with Crippen LogP contribution in [0.2, 0.25) is 0 Å². The van der Waals surface area contributed by atoms with Gasteiger partial charge < -0.3 is 4.74 Å². The molecule has 0 radical (unpaired) electrons. The Morgan fingerprint density at radius 1 is 0.667 bits per heavy atom. The molecule has 0 unspecified atom stereocenters. The van der Waals surface area contributed by atoms with E-state index in [0.29, 0.717) is 6.10 Å². The van der Waals surface area contributed by atoms with Crippen LogP contribution in [-0.4, -0.2) is 6.10 Å². The van der Waals surface area contributed by atoms with Gasteiger partial charge in [0.1, 0.15) is 5.75 Å². The van der Waals surface area contributed by atoms with Crippen molar-refractivity contribution in [2.45, 2.75) is 38.2 Å². The maximum absolute atomic E-state index is 6.18. The molecule has 0 atom stereocenters. The van der Waals surface area contributed by atoms with Crippen molar-refractivity contribution in [3.63, 3.8) is 0 Å². The summed E-state index contributed by atoms with van der Waals surface area (Å²) in [6.07, 6.45) is 6.63. The van der Waals surface area contributed by atoms with Gasteiger partial charge in [-0.2, -0.15) is 0 Å². The Morgan fingerprint density at radius 3 is 1.93 bits per heavy atom. The Kier molecular flexibility index (Phi) is 5.58. The van der Waals surface area contributed by atoms with Crippen LogP contribution in [0, 0.1) is 0 Å². The van der Waals surface area contributed by atoms with Crippen molar-refractivity contribution in [1.29, 1.82) is 0 Å². The van der Waals surface area contributed by atoms with Gasteiger partial charge in [-0.05, 0) is 74.2 Å². The summed E-state index contributed by atoms with van der Waals surface area (Å²) in [5, 5.41) is 2.10. The number of ether oxygens (including phenoxy) is 1. The van der Waals surface area contributed by atoms with E-state index in [4.69, 9.17) is 4.74 Å². The summed E-state index contributed by atoms with van der Waals surface area (Å²) in [4.78, 5) is 0. The Hall–Kier alpha value is -2.94. The van der Waals surface area contributed by atoms with Crippen LogP contribution in [0.15, 0.2) is 84.9 Å². The van der Waals surface area contributed by atoms with Crippen molar-refractivity contribution >= 4 is 17.1 Å². The highest BCUT2D eigenvalue weighted by Gasteiger charge is 2.15. The van der Waals surface area contributed by atoms with Gasteiger partial charge in [0.05, 0.1) is 23.2 Å². The van der Waals surface area contributed by atoms with Crippen LogP contribution in [0.5, 0.6) is 5.75 Å². The predicted molar refractivity (Wildman–Crippen MR) is 113 cm³/mol. The highest BCUT2D eigenvalue weighted by Crippen LogP contribution is 2.29. The molecule has 4 rings (SSSR count). The maximum Gasteiger partial charge on any atom is 0.119 e. The van der Waals surface area contributed by atoms with Crippen LogP contribution in [-0.2, 0) is 0 Å². The van der Waals surface area contributed by atoms with Gasteiger partial charge in [-0.3, -0.25) is 10.4 Å². The van der Waals surface area contributed by atoms with Gasteiger partial charge in [-0.25, -0.2) is 0 Å². The van der Waals surface area contributed by atoms with Gasteiger partial charge >= 0.3 is 0 Å². The highest BCUT2D eigenvalue weighted by molar-refractivity contribution is 5.68. The molecule has 0 spiro atoms. The molecule has 0 bridgehead atoms. The molecular weight excluding hydrogens is 332 g/mol. The summed E-state index contributed by atoms with van der Waals surface area (Å²) in [6, 6.07) is 28.9. The third-order valence-corrected chi connectivity index (χ3v) is 4.98. The summed E-state index contributed by atoms with van der Waals surface area (Å²) >= 11 is 0. The van der Waals surface area contributed by atoms with Gasteiger partial charge in [0.25, 0.3) is 0 Å². The molecule has 0 aliphatic heterocycles. The lowest BCUT2D eigenvalue weighted by Crippen LogP contribution is -2.24. The first kappa shape index (κ1) is 17.5. The fourth-order valence-corrected chi connectivity index (χ4v) is 3.55.